The van der Waals surface area contributed by atoms with Crippen molar-refractivity contribution in [1.29, 1.82) is 5.26 Å². The van der Waals surface area contributed by atoms with Crippen molar-refractivity contribution in [3.63, 3.8) is 0 Å². The number of hydrogen-bond acceptors (Lipinski definition) is 2. The molecule has 19 heavy (non-hydrogen) atoms. The predicted octanol–water partition coefficient (Wildman–Crippen LogP) is 5.04. The fraction of sp³-hybridized carbons (Fsp3) is 0.133. The van der Waals surface area contributed by atoms with E-state index in [-0.39, 0.29) is 6.04 Å². The maximum absolute atomic E-state index is 8.88. The molecule has 0 saturated heterocycles. The Morgan fingerprint density at radius 1 is 1.16 bits per heavy atom. The number of hydrogen-bond donors (Lipinski definition) is 1. The first-order valence-electron chi connectivity index (χ1n) is 5.82. The van der Waals surface area contributed by atoms with E-state index in [0.717, 1.165) is 11.3 Å². The third-order valence-electron chi connectivity index (χ3n) is 2.82. The second-order valence-electron chi connectivity index (χ2n) is 4.20. The Kier molecular flexibility index (Phi) is 4.31. The van der Waals surface area contributed by atoms with Gasteiger partial charge in [-0.05, 0) is 36.8 Å². The van der Waals surface area contributed by atoms with Gasteiger partial charge >= 0.3 is 0 Å². The van der Waals surface area contributed by atoms with Crippen molar-refractivity contribution >= 4 is 28.9 Å². The molecule has 0 saturated carbocycles. The molecule has 0 aliphatic carbocycles. The van der Waals surface area contributed by atoms with E-state index in [4.69, 9.17) is 28.5 Å². The second kappa shape index (κ2) is 5.97. The maximum Gasteiger partial charge on any atom is 0.0992 e. The largest absolute Gasteiger partial charge is 0.378 e. The maximum atomic E-state index is 8.88. The van der Waals surface area contributed by atoms with E-state index in [0.29, 0.717) is 15.6 Å². The fourth-order valence-corrected chi connectivity index (χ4v) is 2.33. The molecule has 1 N–H and O–H groups in total. The number of nitriles is 1. The first-order valence-corrected chi connectivity index (χ1v) is 6.58. The fourth-order valence-electron chi connectivity index (χ4n) is 1.86. The molecular weight excluding hydrogens is 279 g/mol. The molecule has 0 aliphatic heterocycles. The van der Waals surface area contributed by atoms with Crippen LogP contribution in [0.5, 0.6) is 0 Å². The van der Waals surface area contributed by atoms with Crippen LogP contribution >= 0.6 is 23.2 Å². The van der Waals surface area contributed by atoms with E-state index in [1.54, 1.807) is 18.2 Å². The lowest BCUT2D eigenvalue weighted by atomic mass is 10.1. The van der Waals surface area contributed by atoms with Gasteiger partial charge in [0.2, 0.25) is 0 Å². The van der Waals surface area contributed by atoms with Crippen molar-refractivity contribution in [2.45, 2.75) is 13.0 Å². The summed E-state index contributed by atoms with van der Waals surface area (Å²) in [6, 6.07) is 15.0. The Morgan fingerprint density at radius 2 is 1.89 bits per heavy atom. The Bertz CT molecular complexity index is 632. The third-order valence-corrected chi connectivity index (χ3v) is 3.66. The van der Waals surface area contributed by atoms with Gasteiger partial charge in [-0.3, -0.25) is 0 Å². The van der Waals surface area contributed by atoms with Gasteiger partial charge in [0.1, 0.15) is 0 Å². The summed E-state index contributed by atoms with van der Waals surface area (Å²) < 4.78 is 0. The molecule has 0 fully saturated rings. The van der Waals surface area contributed by atoms with Gasteiger partial charge in [0.15, 0.2) is 0 Å². The standard InChI is InChI=1S/C15H12Cl2N2/c1-10(13-6-3-7-14(16)15(13)17)19-12-5-2-4-11(8-12)9-18/h2-8,10,19H,1H3. The van der Waals surface area contributed by atoms with E-state index < -0.39 is 0 Å². The van der Waals surface area contributed by atoms with Crippen LogP contribution in [0.15, 0.2) is 42.5 Å². The zero-order chi connectivity index (χ0) is 13.8. The molecule has 2 rings (SSSR count). The predicted molar refractivity (Wildman–Crippen MR) is 79.7 cm³/mol. The van der Waals surface area contributed by atoms with Gasteiger partial charge < -0.3 is 5.32 Å². The summed E-state index contributed by atoms with van der Waals surface area (Å²) in [5, 5.41) is 13.3. The van der Waals surface area contributed by atoms with Crippen LogP contribution in [-0.4, -0.2) is 0 Å². The van der Waals surface area contributed by atoms with Crippen LogP contribution < -0.4 is 5.32 Å². The third kappa shape index (κ3) is 3.20. The van der Waals surface area contributed by atoms with Gasteiger partial charge in [-0.15, -0.1) is 0 Å². The topological polar surface area (TPSA) is 35.8 Å². The molecular formula is C15H12Cl2N2. The Labute approximate surface area is 122 Å². The summed E-state index contributed by atoms with van der Waals surface area (Å²) >= 11 is 12.2. The van der Waals surface area contributed by atoms with E-state index in [1.807, 2.05) is 31.2 Å². The molecule has 2 nitrogen and oxygen atoms in total. The van der Waals surface area contributed by atoms with E-state index in [2.05, 4.69) is 11.4 Å². The van der Waals surface area contributed by atoms with E-state index >= 15 is 0 Å². The number of nitrogens with zero attached hydrogens (tertiary/aromatic N) is 1. The Hall–Kier alpha value is -1.69. The number of halogens is 2. The van der Waals surface area contributed by atoms with Crippen LogP contribution in [-0.2, 0) is 0 Å². The Morgan fingerprint density at radius 3 is 2.63 bits per heavy atom. The normalized spacial score (nSPS) is 11.7. The monoisotopic (exact) mass is 290 g/mol. The van der Waals surface area contributed by atoms with Gasteiger partial charge in [0, 0.05) is 5.69 Å². The minimum Gasteiger partial charge on any atom is -0.378 e. The lowest BCUT2D eigenvalue weighted by Gasteiger charge is -2.17. The smallest absolute Gasteiger partial charge is 0.0992 e. The molecule has 2 aromatic carbocycles. The van der Waals surface area contributed by atoms with Gasteiger partial charge in [0.25, 0.3) is 0 Å². The average molecular weight is 291 g/mol. The Balaban J connectivity index is 2.23. The van der Waals surface area contributed by atoms with Gasteiger partial charge in [-0.25, -0.2) is 0 Å². The molecule has 0 bridgehead atoms. The molecule has 1 unspecified atom stereocenters. The molecule has 4 heteroatoms. The van der Waals surface area contributed by atoms with Gasteiger partial charge in [0.05, 0.1) is 27.7 Å². The summed E-state index contributed by atoms with van der Waals surface area (Å²) in [6.45, 7) is 2.00. The van der Waals surface area contributed by atoms with Gasteiger partial charge in [-0.2, -0.15) is 5.26 Å². The van der Waals surface area contributed by atoms with Crippen molar-refractivity contribution in [2.75, 3.05) is 5.32 Å². The molecule has 96 valence electrons. The van der Waals surface area contributed by atoms with Crippen LogP contribution in [0.4, 0.5) is 5.69 Å². The molecule has 0 amide bonds. The highest BCUT2D eigenvalue weighted by atomic mass is 35.5. The van der Waals surface area contributed by atoms with Crippen LogP contribution in [0.2, 0.25) is 10.0 Å². The molecule has 0 aliphatic rings. The van der Waals surface area contributed by atoms with Crippen LogP contribution in [0.25, 0.3) is 0 Å². The first-order chi connectivity index (χ1) is 9.11. The van der Waals surface area contributed by atoms with E-state index in [1.165, 1.54) is 0 Å². The number of anilines is 1. The zero-order valence-corrected chi connectivity index (χ0v) is 11.8. The quantitative estimate of drug-likeness (QED) is 0.860. The lowest BCUT2D eigenvalue weighted by Crippen LogP contribution is -2.07. The molecule has 1 atom stereocenters. The van der Waals surface area contributed by atoms with Crippen LogP contribution in [0.3, 0.4) is 0 Å². The zero-order valence-electron chi connectivity index (χ0n) is 10.3. The van der Waals surface area contributed by atoms with Crippen LogP contribution in [0, 0.1) is 11.3 Å². The van der Waals surface area contributed by atoms with Crippen molar-refractivity contribution < 1.29 is 0 Å². The average Bonchev–Trinajstić information content (AvgIpc) is 2.42. The van der Waals surface area contributed by atoms with Crippen LogP contribution in [0.1, 0.15) is 24.1 Å². The highest BCUT2D eigenvalue weighted by Gasteiger charge is 2.11. The molecule has 0 spiro atoms. The van der Waals surface area contributed by atoms with Crippen molar-refractivity contribution in [2.24, 2.45) is 0 Å². The summed E-state index contributed by atoms with van der Waals surface area (Å²) in [7, 11) is 0. The number of benzene rings is 2. The van der Waals surface area contributed by atoms with Crippen molar-refractivity contribution in [3.05, 3.63) is 63.6 Å². The summed E-state index contributed by atoms with van der Waals surface area (Å²) in [5.41, 5.74) is 2.42. The highest BCUT2D eigenvalue weighted by Crippen LogP contribution is 2.31. The highest BCUT2D eigenvalue weighted by molar-refractivity contribution is 6.42. The minimum absolute atomic E-state index is 0.000132. The molecule has 0 radical (unpaired) electrons. The molecule has 0 heterocycles. The van der Waals surface area contributed by atoms with Crippen molar-refractivity contribution in [3.8, 4) is 6.07 Å². The molecule has 2 aromatic rings. The van der Waals surface area contributed by atoms with E-state index in [9.17, 15) is 0 Å². The summed E-state index contributed by atoms with van der Waals surface area (Å²) in [4.78, 5) is 0. The van der Waals surface area contributed by atoms with Crippen molar-refractivity contribution in [1.82, 2.24) is 0 Å². The molecule has 0 aromatic heterocycles. The first kappa shape index (κ1) is 13.7. The SMILES string of the molecule is CC(Nc1cccc(C#N)c1)c1cccc(Cl)c1Cl. The number of nitrogens with one attached hydrogen (secondary N) is 1. The van der Waals surface area contributed by atoms with Gasteiger partial charge in [-0.1, -0.05) is 41.4 Å². The minimum atomic E-state index is 0.000132. The lowest BCUT2D eigenvalue weighted by molar-refractivity contribution is 0.885. The number of rotatable bonds is 3. The second-order valence-corrected chi connectivity index (χ2v) is 4.99. The summed E-state index contributed by atoms with van der Waals surface area (Å²) in [5.74, 6) is 0. The summed E-state index contributed by atoms with van der Waals surface area (Å²) in [6.07, 6.45) is 0.